The maximum absolute atomic E-state index is 12.3. The quantitative estimate of drug-likeness (QED) is 0.471. The van der Waals surface area contributed by atoms with Crippen molar-refractivity contribution in [3.63, 3.8) is 0 Å². The van der Waals surface area contributed by atoms with Crippen molar-refractivity contribution in [2.75, 3.05) is 13.1 Å². The van der Waals surface area contributed by atoms with Gasteiger partial charge in [-0.05, 0) is 50.0 Å². The highest BCUT2D eigenvalue weighted by Crippen LogP contribution is 2.21. The van der Waals surface area contributed by atoms with Gasteiger partial charge in [-0.25, -0.2) is 4.98 Å². The van der Waals surface area contributed by atoms with Crippen LogP contribution in [0.15, 0.2) is 46.4 Å². The van der Waals surface area contributed by atoms with Crippen LogP contribution in [-0.4, -0.2) is 33.8 Å². The summed E-state index contributed by atoms with van der Waals surface area (Å²) in [5, 5.41) is 10.6. The third-order valence-electron chi connectivity index (χ3n) is 4.04. The summed E-state index contributed by atoms with van der Waals surface area (Å²) in [4.78, 5) is 28.3. The normalized spacial score (nSPS) is 13.7. The molecule has 0 bridgehead atoms. The van der Waals surface area contributed by atoms with Gasteiger partial charge in [-0.15, -0.1) is 0 Å². The summed E-state index contributed by atoms with van der Waals surface area (Å²) in [5.74, 6) is 5.27. The second-order valence-electron chi connectivity index (χ2n) is 5.92. The molecule has 0 radical (unpaired) electrons. The molecule has 0 aromatic carbocycles. The number of aryl methyl sites for hydroxylation is 1. The fraction of sp³-hybridized carbons (Fsp3) is 0.263. The molecule has 1 fully saturated rings. The first kappa shape index (κ1) is 17.4. The number of pyridine rings is 1. The second kappa shape index (κ2) is 7.66. The van der Waals surface area contributed by atoms with Gasteiger partial charge in [-0.3, -0.25) is 14.9 Å². The Morgan fingerprint density at radius 3 is 2.73 bits per heavy atom. The van der Waals surface area contributed by atoms with E-state index < -0.39 is 10.8 Å². The second-order valence-corrected chi connectivity index (χ2v) is 5.92. The van der Waals surface area contributed by atoms with Gasteiger partial charge in [0.05, 0.1) is 6.07 Å². The number of nitro groups is 1. The molecule has 0 N–H and O–H groups in total. The summed E-state index contributed by atoms with van der Waals surface area (Å²) in [6.07, 6.45) is 3.30. The Labute approximate surface area is 150 Å². The number of carbonyl (C=O) groups excluding carboxylic acids is 1. The monoisotopic (exact) mass is 351 g/mol. The number of furan rings is 1. The topological polar surface area (TPSA) is 89.5 Å². The molecule has 132 valence electrons. The SMILES string of the molecule is Cc1cccc(C#CC=C2CCN(C(=O)c3ccc([N+](=O)[O-])o3)CC2)n1. The average molecular weight is 351 g/mol. The minimum atomic E-state index is -0.657. The molecular weight excluding hydrogens is 334 g/mol. The highest BCUT2D eigenvalue weighted by molar-refractivity contribution is 5.91. The Hall–Kier alpha value is -3.40. The van der Waals surface area contributed by atoms with E-state index in [9.17, 15) is 14.9 Å². The molecule has 0 aliphatic carbocycles. The molecule has 1 amide bonds. The van der Waals surface area contributed by atoms with Gasteiger partial charge in [0.1, 0.15) is 10.6 Å². The van der Waals surface area contributed by atoms with Gasteiger partial charge in [0, 0.05) is 18.8 Å². The first-order valence-corrected chi connectivity index (χ1v) is 8.19. The Bertz CT molecular complexity index is 924. The largest absolute Gasteiger partial charge is 0.433 e. The molecule has 1 saturated heterocycles. The van der Waals surface area contributed by atoms with Crippen LogP contribution >= 0.6 is 0 Å². The van der Waals surface area contributed by atoms with Crippen molar-refractivity contribution in [1.82, 2.24) is 9.88 Å². The number of hydrogen-bond donors (Lipinski definition) is 0. The molecule has 1 aliphatic rings. The Morgan fingerprint density at radius 1 is 1.31 bits per heavy atom. The number of carbonyl (C=O) groups is 1. The zero-order valence-electron chi connectivity index (χ0n) is 14.3. The summed E-state index contributed by atoms with van der Waals surface area (Å²) in [6, 6.07) is 8.23. The summed E-state index contributed by atoms with van der Waals surface area (Å²) in [7, 11) is 0. The highest BCUT2D eigenvalue weighted by atomic mass is 16.6. The predicted octanol–water partition coefficient (Wildman–Crippen LogP) is 3.11. The van der Waals surface area contributed by atoms with E-state index in [-0.39, 0.29) is 11.7 Å². The number of likely N-dealkylation sites (tertiary alicyclic amines) is 1. The van der Waals surface area contributed by atoms with Crippen molar-refractivity contribution in [3.8, 4) is 11.8 Å². The van der Waals surface area contributed by atoms with Gasteiger partial charge in [0.2, 0.25) is 0 Å². The van der Waals surface area contributed by atoms with Crippen molar-refractivity contribution >= 4 is 11.8 Å². The average Bonchev–Trinajstić information content (AvgIpc) is 3.12. The molecule has 0 atom stereocenters. The molecule has 26 heavy (non-hydrogen) atoms. The molecule has 3 rings (SSSR count). The van der Waals surface area contributed by atoms with Crippen molar-refractivity contribution in [2.24, 2.45) is 0 Å². The van der Waals surface area contributed by atoms with Gasteiger partial charge < -0.3 is 9.32 Å². The number of amides is 1. The maximum Gasteiger partial charge on any atom is 0.433 e. The molecule has 7 heteroatoms. The lowest BCUT2D eigenvalue weighted by molar-refractivity contribution is -0.402. The summed E-state index contributed by atoms with van der Waals surface area (Å²) < 4.78 is 4.98. The summed E-state index contributed by atoms with van der Waals surface area (Å²) in [6.45, 7) is 2.98. The predicted molar refractivity (Wildman–Crippen MR) is 94.4 cm³/mol. The molecule has 1 aliphatic heterocycles. The Kier molecular flexibility index (Phi) is 5.13. The van der Waals surface area contributed by atoms with Crippen LogP contribution in [0.4, 0.5) is 5.88 Å². The van der Waals surface area contributed by atoms with E-state index in [1.807, 2.05) is 31.2 Å². The van der Waals surface area contributed by atoms with Crippen LogP contribution in [0.2, 0.25) is 0 Å². The summed E-state index contributed by atoms with van der Waals surface area (Å²) >= 11 is 0. The van der Waals surface area contributed by atoms with Crippen LogP contribution < -0.4 is 0 Å². The first-order chi connectivity index (χ1) is 12.5. The van der Waals surface area contributed by atoms with Crippen molar-refractivity contribution in [1.29, 1.82) is 0 Å². The van der Waals surface area contributed by atoms with Crippen LogP contribution in [0, 0.1) is 28.9 Å². The molecule has 0 spiro atoms. The van der Waals surface area contributed by atoms with Crippen LogP contribution in [0.1, 0.15) is 34.8 Å². The highest BCUT2D eigenvalue weighted by Gasteiger charge is 2.24. The van der Waals surface area contributed by atoms with Gasteiger partial charge in [-0.2, -0.15) is 0 Å². The van der Waals surface area contributed by atoms with Gasteiger partial charge >= 0.3 is 5.88 Å². The smallest absolute Gasteiger partial charge is 0.395 e. The van der Waals surface area contributed by atoms with E-state index in [0.29, 0.717) is 25.9 Å². The summed E-state index contributed by atoms with van der Waals surface area (Å²) in [5.41, 5.74) is 2.82. The number of nitrogens with zero attached hydrogens (tertiary/aromatic N) is 3. The van der Waals surface area contributed by atoms with E-state index in [4.69, 9.17) is 4.42 Å². The maximum atomic E-state index is 12.3. The van der Waals surface area contributed by atoms with E-state index in [0.717, 1.165) is 11.4 Å². The van der Waals surface area contributed by atoms with Crippen LogP contribution in [0.3, 0.4) is 0 Å². The minimum Gasteiger partial charge on any atom is -0.395 e. The Morgan fingerprint density at radius 2 is 2.08 bits per heavy atom. The van der Waals surface area contributed by atoms with Crippen LogP contribution in [0.25, 0.3) is 0 Å². The number of rotatable bonds is 2. The molecule has 7 nitrogen and oxygen atoms in total. The first-order valence-electron chi connectivity index (χ1n) is 8.19. The molecule has 2 aromatic rings. The van der Waals surface area contributed by atoms with E-state index >= 15 is 0 Å². The molecule has 3 heterocycles. The van der Waals surface area contributed by atoms with Gasteiger partial charge in [0.25, 0.3) is 5.91 Å². The fourth-order valence-electron chi connectivity index (χ4n) is 2.66. The fourth-order valence-corrected chi connectivity index (χ4v) is 2.66. The lowest BCUT2D eigenvalue weighted by Gasteiger charge is -2.27. The van der Waals surface area contributed by atoms with E-state index in [1.165, 1.54) is 17.7 Å². The van der Waals surface area contributed by atoms with Crippen LogP contribution in [0.5, 0.6) is 0 Å². The zero-order chi connectivity index (χ0) is 18.5. The lowest BCUT2D eigenvalue weighted by Crippen LogP contribution is -2.36. The van der Waals surface area contributed by atoms with Crippen molar-refractivity contribution < 1.29 is 14.1 Å². The van der Waals surface area contributed by atoms with Gasteiger partial charge in [0.15, 0.2) is 5.76 Å². The molecule has 0 unspecified atom stereocenters. The third kappa shape index (κ3) is 4.16. The molecule has 0 saturated carbocycles. The number of allylic oxidation sites excluding steroid dienone is 1. The van der Waals surface area contributed by atoms with Gasteiger partial charge in [-0.1, -0.05) is 17.6 Å². The Balaban J connectivity index is 1.58. The van der Waals surface area contributed by atoms with E-state index in [1.54, 1.807) is 4.90 Å². The van der Waals surface area contributed by atoms with Crippen molar-refractivity contribution in [2.45, 2.75) is 19.8 Å². The van der Waals surface area contributed by atoms with Crippen molar-refractivity contribution in [3.05, 3.63) is 69.2 Å². The number of aromatic nitrogens is 1. The molecular formula is C19H17N3O4. The standard InChI is InChI=1S/C19H17N3O4/c1-14-4-2-6-16(20-14)7-3-5-15-10-12-21(13-11-15)19(23)17-8-9-18(26-17)22(24)25/h2,4-6,8-9H,10-13H2,1H3. The third-order valence-corrected chi connectivity index (χ3v) is 4.04. The number of hydrogen-bond acceptors (Lipinski definition) is 5. The number of piperidine rings is 1. The molecule has 2 aromatic heterocycles. The zero-order valence-corrected chi connectivity index (χ0v) is 14.3. The van der Waals surface area contributed by atoms with E-state index in [2.05, 4.69) is 16.8 Å². The lowest BCUT2D eigenvalue weighted by atomic mass is 10.0. The van der Waals surface area contributed by atoms with Crippen LogP contribution in [-0.2, 0) is 0 Å². The minimum absolute atomic E-state index is 0.00515.